The fourth-order valence-electron chi connectivity index (χ4n) is 1.43. The number of nitrogens with one attached hydrogen (secondary N) is 2. The van der Waals surface area contributed by atoms with Gasteiger partial charge in [-0.15, -0.1) is 0 Å². The number of pyridine rings is 1. The van der Waals surface area contributed by atoms with Crippen molar-refractivity contribution in [2.75, 3.05) is 32.1 Å². The fraction of sp³-hybridized carbons (Fsp3) is 0.417. The summed E-state index contributed by atoms with van der Waals surface area (Å²) in [6.45, 7) is 0.440. The minimum Gasteiger partial charge on any atom is -0.383 e. The van der Waals surface area contributed by atoms with E-state index in [4.69, 9.17) is 10.5 Å². The maximum atomic E-state index is 11.6. The number of nitrogens with two attached hydrogens (primary N) is 1. The first-order valence-electron chi connectivity index (χ1n) is 6.03. The molecule has 0 aromatic carbocycles. The second kappa shape index (κ2) is 8.08. The summed E-state index contributed by atoms with van der Waals surface area (Å²) in [5, 5.41) is 4.92. The average Bonchev–Trinajstić information content (AvgIpc) is 2.45. The van der Waals surface area contributed by atoms with Crippen molar-refractivity contribution in [3.05, 3.63) is 28.7 Å². The lowest BCUT2D eigenvalue weighted by atomic mass is 10.4. The Hall–Kier alpha value is -2.19. The lowest BCUT2D eigenvalue weighted by molar-refractivity contribution is -0.123. The number of ether oxygens (including phenoxy) is 1. The Labute approximate surface area is 115 Å². The molecule has 110 valence electrons. The van der Waals surface area contributed by atoms with Gasteiger partial charge in [-0.05, 0) is 6.07 Å². The molecule has 0 bridgehead atoms. The molecule has 0 fully saturated rings. The molecule has 20 heavy (non-hydrogen) atoms. The topological polar surface area (TPSA) is 115 Å². The monoisotopic (exact) mass is 282 g/mol. The van der Waals surface area contributed by atoms with Crippen molar-refractivity contribution in [3.63, 3.8) is 0 Å². The summed E-state index contributed by atoms with van der Waals surface area (Å²) in [5.74, 6) is -0.811. The Balaban J connectivity index is 2.61. The maximum Gasteiger partial charge on any atom is 0.250 e. The molecule has 0 aliphatic rings. The van der Waals surface area contributed by atoms with Crippen LogP contribution in [0.2, 0.25) is 0 Å². The number of carbonyl (C=O) groups is 2. The lowest BCUT2D eigenvalue weighted by Gasteiger charge is -2.09. The molecule has 1 aromatic rings. The summed E-state index contributed by atoms with van der Waals surface area (Å²) in [7, 11) is 1.54. The van der Waals surface area contributed by atoms with E-state index in [1.165, 1.54) is 30.0 Å². The number of carbonyl (C=O) groups excluding carboxylic acids is 2. The molecule has 0 unspecified atom stereocenters. The van der Waals surface area contributed by atoms with Crippen LogP contribution in [0.5, 0.6) is 0 Å². The van der Waals surface area contributed by atoms with Gasteiger partial charge in [0, 0.05) is 25.9 Å². The first kappa shape index (κ1) is 15.9. The Morgan fingerprint density at radius 2 is 2.10 bits per heavy atom. The molecule has 8 nitrogen and oxygen atoms in total. The summed E-state index contributed by atoms with van der Waals surface area (Å²) in [4.78, 5) is 34.0. The number of amides is 2. The Bertz CT molecular complexity index is 526. The number of anilines is 1. The molecular weight excluding hydrogens is 264 g/mol. The summed E-state index contributed by atoms with van der Waals surface area (Å²) in [6.07, 6.45) is 1.52. The third-order valence-electron chi connectivity index (χ3n) is 2.44. The quantitative estimate of drug-likeness (QED) is 0.563. The minimum atomic E-state index is -0.412. The predicted molar refractivity (Wildman–Crippen MR) is 73.3 cm³/mol. The normalized spacial score (nSPS) is 10.1. The van der Waals surface area contributed by atoms with E-state index in [1.54, 1.807) is 0 Å². The molecule has 2 amide bonds. The molecule has 4 N–H and O–H groups in total. The highest BCUT2D eigenvalue weighted by Crippen LogP contribution is 2.02. The Morgan fingerprint density at radius 3 is 2.75 bits per heavy atom. The van der Waals surface area contributed by atoms with E-state index < -0.39 is 11.8 Å². The summed E-state index contributed by atoms with van der Waals surface area (Å²) in [6, 6.07) is 2.85. The molecule has 0 saturated heterocycles. The smallest absolute Gasteiger partial charge is 0.250 e. The number of nitrogens with zero attached hydrogens (tertiary/aromatic N) is 1. The number of methoxy groups -OCH3 is 1. The van der Waals surface area contributed by atoms with Crippen LogP contribution in [0.15, 0.2) is 23.1 Å². The van der Waals surface area contributed by atoms with Gasteiger partial charge in [0.25, 0.3) is 5.56 Å². The van der Waals surface area contributed by atoms with Gasteiger partial charge in [0.15, 0.2) is 0 Å². The van der Waals surface area contributed by atoms with Crippen molar-refractivity contribution in [2.45, 2.75) is 6.54 Å². The van der Waals surface area contributed by atoms with Gasteiger partial charge < -0.3 is 25.7 Å². The van der Waals surface area contributed by atoms with E-state index in [0.717, 1.165) is 0 Å². The maximum absolute atomic E-state index is 11.6. The number of rotatable bonds is 7. The van der Waals surface area contributed by atoms with E-state index in [0.29, 0.717) is 18.8 Å². The highest BCUT2D eigenvalue weighted by atomic mass is 16.5. The van der Waals surface area contributed by atoms with Crippen LogP contribution in [0, 0.1) is 0 Å². The molecule has 1 rings (SSSR count). The zero-order valence-electron chi connectivity index (χ0n) is 11.2. The van der Waals surface area contributed by atoms with Crippen molar-refractivity contribution in [3.8, 4) is 0 Å². The van der Waals surface area contributed by atoms with E-state index >= 15 is 0 Å². The number of hydrogen-bond donors (Lipinski definition) is 3. The van der Waals surface area contributed by atoms with Crippen molar-refractivity contribution in [1.29, 1.82) is 0 Å². The van der Waals surface area contributed by atoms with E-state index in [1.807, 2.05) is 0 Å². The van der Waals surface area contributed by atoms with Gasteiger partial charge in [-0.3, -0.25) is 14.4 Å². The zero-order valence-corrected chi connectivity index (χ0v) is 11.2. The van der Waals surface area contributed by atoms with Crippen LogP contribution >= 0.6 is 0 Å². The van der Waals surface area contributed by atoms with Crippen LogP contribution in [0.25, 0.3) is 0 Å². The summed E-state index contributed by atoms with van der Waals surface area (Å²) in [5.41, 5.74) is 5.38. The lowest BCUT2D eigenvalue weighted by Crippen LogP contribution is -2.36. The third kappa shape index (κ3) is 5.21. The van der Waals surface area contributed by atoms with E-state index in [-0.39, 0.29) is 18.6 Å². The van der Waals surface area contributed by atoms with Crippen molar-refractivity contribution in [1.82, 2.24) is 9.88 Å². The largest absolute Gasteiger partial charge is 0.383 e. The highest BCUT2D eigenvalue weighted by Gasteiger charge is 2.05. The van der Waals surface area contributed by atoms with Gasteiger partial charge in [-0.2, -0.15) is 0 Å². The SMILES string of the molecule is COCCn1cc(NC(=O)CNC(=O)CN)ccc1=O. The van der Waals surface area contributed by atoms with Crippen molar-refractivity contribution >= 4 is 17.5 Å². The number of hydrogen-bond acceptors (Lipinski definition) is 5. The van der Waals surface area contributed by atoms with Gasteiger partial charge in [-0.25, -0.2) is 0 Å². The third-order valence-corrected chi connectivity index (χ3v) is 2.44. The van der Waals surface area contributed by atoms with Crippen LogP contribution in [-0.2, 0) is 20.9 Å². The first-order valence-corrected chi connectivity index (χ1v) is 6.03. The molecule has 0 atom stereocenters. The first-order chi connectivity index (χ1) is 9.56. The van der Waals surface area contributed by atoms with E-state index in [9.17, 15) is 14.4 Å². The van der Waals surface area contributed by atoms with Gasteiger partial charge in [-0.1, -0.05) is 0 Å². The second-order valence-electron chi connectivity index (χ2n) is 3.97. The molecule has 1 heterocycles. The summed E-state index contributed by atoms with van der Waals surface area (Å²) >= 11 is 0. The average molecular weight is 282 g/mol. The predicted octanol–water partition coefficient (Wildman–Crippen LogP) is -1.49. The van der Waals surface area contributed by atoms with Crippen LogP contribution in [0.3, 0.4) is 0 Å². The van der Waals surface area contributed by atoms with Gasteiger partial charge >= 0.3 is 0 Å². The standard InChI is InChI=1S/C12H18N4O4/c1-20-5-4-16-8-9(2-3-12(16)19)15-11(18)7-14-10(17)6-13/h2-3,8H,4-7,13H2,1H3,(H,14,17)(H,15,18). The van der Waals surface area contributed by atoms with Crippen molar-refractivity contribution < 1.29 is 14.3 Å². The second-order valence-corrected chi connectivity index (χ2v) is 3.97. The molecule has 1 aromatic heterocycles. The van der Waals surface area contributed by atoms with Gasteiger partial charge in [0.05, 0.1) is 25.4 Å². The molecule has 0 radical (unpaired) electrons. The van der Waals surface area contributed by atoms with Crippen LogP contribution in [0.1, 0.15) is 0 Å². The molecule has 8 heteroatoms. The highest BCUT2D eigenvalue weighted by molar-refractivity contribution is 5.94. The molecule has 0 spiro atoms. The molecule has 0 saturated carbocycles. The van der Waals surface area contributed by atoms with Crippen LogP contribution < -0.4 is 21.9 Å². The van der Waals surface area contributed by atoms with Crippen LogP contribution in [0.4, 0.5) is 5.69 Å². The zero-order chi connectivity index (χ0) is 15.0. The Kier molecular flexibility index (Phi) is 6.41. The fourth-order valence-corrected chi connectivity index (χ4v) is 1.43. The van der Waals surface area contributed by atoms with E-state index in [2.05, 4.69) is 10.6 Å². The molecule has 0 aliphatic carbocycles. The van der Waals surface area contributed by atoms with Gasteiger partial charge in [0.1, 0.15) is 0 Å². The molecule has 0 aliphatic heterocycles. The van der Waals surface area contributed by atoms with Gasteiger partial charge in [0.2, 0.25) is 11.8 Å². The number of aromatic nitrogens is 1. The molecular formula is C12H18N4O4. The van der Waals surface area contributed by atoms with Crippen molar-refractivity contribution in [2.24, 2.45) is 5.73 Å². The van der Waals surface area contributed by atoms with Crippen LogP contribution in [-0.4, -0.2) is 43.2 Å². The Morgan fingerprint density at radius 1 is 1.35 bits per heavy atom. The minimum absolute atomic E-state index is 0.171. The summed E-state index contributed by atoms with van der Waals surface area (Å²) < 4.78 is 6.32.